The van der Waals surface area contributed by atoms with E-state index >= 15 is 0 Å². The van der Waals surface area contributed by atoms with Gasteiger partial charge in [0.1, 0.15) is 18.2 Å². The summed E-state index contributed by atoms with van der Waals surface area (Å²) in [4.78, 5) is 34.4. The van der Waals surface area contributed by atoms with Crippen LogP contribution in [0, 0.1) is 11.6 Å². The lowest BCUT2D eigenvalue weighted by Gasteiger charge is -2.14. The Bertz CT molecular complexity index is 1470. The van der Waals surface area contributed by atoms with E-state index in [-0.39, 0.29) is 29.4 Å². The maximum absolute atomic E-state index is 13.6. The Kier molecular flexibility index (Phi) is 6.84. The lowest BCUT2D eigenvalue weighted by atomic mass is 10.1. The Morgan fingerprint density at radius 2 is 1.73 bits per heavy atom. The molecule has 0 unspecified atom stereocenters. The van der Waals surface area contributed by atoms with Gasteiger partial charge in [-0.25, -0.2) is 28.2 Å². The topological polar surface area (TPSA) is 102 Å². The third kappa shape index (κ3) is 5.77. The summed E-state index contributed by atoms with van der Waals surface area (Å²) in [6.07, 6.45) is 3.12. The van der Waals surface area contributed by atoms with E-state index in [2.05, 4.69) is 20.4 Å². The van der Waals surface area contributed by atoms with Gasteiger partial charge >= 0.3 is 6.03 Å². The predicted molar refractivity (Wildman–Crippen MR) is 131 cm³/mol. The summed E-state index contributed by atoms with van der Waals surface area (Å²) in [5.74, 6) is -0.492. The van der Waals surface area contributed by atoms with Crippen LogP contribution in [-0.4, -0.2) is 56.9 Å². The maximum Gasteiger partial charge on any atom is 0.317 e. The van der Waals surface area contributed by atoms with Gasteiger partial charge in [-0.15, -0.1) is 0 Å². The van der Waals surface area contributed by atoms with Gasteiger partial charge in [0.25, 0.3) is 5.56 Å². The SMILES string of the molecule is O=C1NCCN1CCOc1cnc(-c2cccc(Cn3nc(-c4cc(F)cc(F)c4)ccc3=O)c2)nc1. The van der Waals surface area contributed by atoms with E-state index in [0.717, 1.165) is 29.3 Å². The van der Waals surface area contributed by atoms with Gasteiger partial charge in [-0.1, -0.05) is 18.2 Å². The molecule has 11 heteroatoms. The normalized spacial score (nSPS) is 13.0. The van der Waals surface area contributed by atoms with Crippen molar-refractivity contribution >= 4 is 6.03 Å². The zero-order valence-corrected chi connectivity index (χ0v) is 19.6. The second-order valence-corrected chi connectivity index (χ2v) is 8.38. The lowest BCUT2D eigenvalue weighted by Crippen LogP contribution is -2.31. The van der Waals surface area contributed by atoms with Crippen LogP contribution in [0.2, 0.25) is 0 Å². The molecule has 0 spiro atoms. The zero-order valence-electron chi connectivity index (χ0n) is 19.6. The van der Waals surface area contributed by atoms with E-state index in [9.17, 15) is 18.4 Å². The number of urea groups is 1. The van der Waals surface area contributed by atoms with Crippen molar-refractivity contribution in [1.29, 1.82) is 0 Å². The van der Waals surface area contributed by atoms with Crippen molar-refractivity contribution in [3.63, 3.8) is 0 Å². The van der Waals surface area contributed by atoms with Gasteiger partial charge in [0.15, 0.2) is 11.6 Å². The van der Waals surface area contributed by atoms with E-state index in [1.54, 1.807) is 17.3 Å². The largest absolute Gasteiger partial charge is 0.488 e. The molecule has 0 atom stereocenters. The Labute approximate surface area is 210 Å². The molecule has 0 saturated carbocycles. The molecular formula is C26H22F2N6O3. The van der Waals surface area contributed by atoms with Crippen molar-refractivity contribution in [2.75, 3.05) is 26.2 Å². The Morgan fingerprint density at radius 3 is 2.46 bits per heavy atom. The Balaban J connectivity index is 1.28. The fourth-order valence-electron chi connectivity index (χ4n) is 3.94. The first-order valence-electron chi connectivity index (χ1n) is 11.6. The number of halogens is 2. The van der Waals surface area contributed by atoms with Gasteiger partial charge in [0, 0.05) is 36.3 Å². The number of carbonyl (C=O) groups excluding carboxylic acids is 1. The van der Waals surface area contributed by atoms with Crippen LogP contribution in [0.25, 0.3) is 22.6 Å². The minimum atomic E-state index is -0.724. The van der Waals surface area contributed by atoms with E-state index in [1.165, 1.54) is 16.8 Å². The number of rotatable bonds is 8. The number of benzene rings is 2. The first-order chi connectivity index (χ1) is 17.9. The van der Waals surface area contributed by atoms with Gasteiger partial charge in [-0.05, 0) is 29.8 Å². The van der Waals surface area contributed by atoms with Crippen molar-refractivity contribution in [3.8, 4) is 28.4 Å². The summed E-state index contributed by atoms with van der Waals surface area (Å²) in [5.41, 5.74) is 1.66. The summed E-state index contributed by atoms with van der Waals surface area (Å²) in [6.45, 7) is 2.23. The van der Waals surface area contributed by atoms with Gasteiger partial charge < -0.3 is 15.0 Å². The highest BCUT2D eigenvalue weighted by Gasteiger charge is 2.18. The number of nitrogens with one attached hydrogen (secondary N) is 1. The molecule has 188 valence electrons. The van der Waals surface area contributed by atoms with E-state index in [4.69, 9.17) is 4.74 Å². The number of hydrogen-bond donors (Lipinski definition) is 1. The van der Waals surface area contributed by atoms with E-state index in [0.29, 0.717) is 37.8 Å². The molecule has 1 fully saturated rings. The van der Waals surface area contributed by atoms with Gasteiger partial charge in [-0.2, -0.15) is 5.10 Å². The van der Waals surface area contributed by atoms with Crippen LogP contribution < -0.4 is 15.6 Å². The summed E-state index contributed by atoms with van der Waals surface area (Å²) < 4.78 is 34.2. The minimum Gasteiger partial charge on any atom is -0.488 e. The summed E-state index contributed by atoms with van der Waals surface area (Å²) >= 11 is 0. The van der Waals surface area contributed by atoms with Crippen molar-refractivity contribution in [2.24, 2.45) is 0 Å². The fourth-order valence-corrected chi connectivity index (χ4v) is 3.94. The quantitative estimate of drug-likeness (QED) is 0.396. The number of amides is 2. The number of nitrogens with zero attached hydrogens (tertiary/aromatic N) is 5. The highest BCUT2D eigenvalue weighted by atomic mass is 19.1. The standard InChI is InChI=1S/C26H22F2N6O3/c27-20-11-19(12-21(28)13-20)23-4-5-24(35)34(32-23)16-17-2-1-3-18(10-17)25-30-14-22(15-31-25)37-9-8-33-7-6-29-26(33)36/h1-5,10-15H,6-9,16H2,(H,29,36). The molecule has 37 heavy (non-hydrogen) atoms. The molecule has 2 aromatic heterocycles. The van der Waals surface area contributed by atoms with Crippen molar-refractivity contribution < 1.29 is 18.3 Å². The first-order valence-corrected chi connectivity index (χ1v) is 11.6. The third-order valence-corrected chi connectivity index (χ3v) is 5.75. The molecule has 4 aromatic rings. The van der Waals surface area contributed by atoms with Crippen LogP contribution in [0.1, 0.15) is 5.56 Å². The fraction of sp³-hybridized carbons (Fsp3) is 0.192. The first kappa shape index (κ1) is 24.0. The van der Waals surface area contributed by atoms with Gasteiger partial charge in [0.05, 0.1) is 31.2 Å². The number of ether oxygens (including phenoxy) is 1. The molecule has 9 nitrogen and oxygen atoms in total. The molecule has 1 N–H and O–H groups in total. The summed E-state index contributed by atoms with van der Waals surface area (Å²) in [6, 6.07) is 13.1. The van der Waals surface area contributed by atoms with Crippen LogP contribution in [0.5, 0.6) is 5.75 Å². The van der Waals surface area contributed by atoms with Gasteiger partial charge in [0.2, 0.25) is 0 Å². The minimum absolute atomic E-state index is 0.0953. The smallest absolute Gasteiger partial charge is 0.317 e. The molecule has 5 rings (SSSR count). The molecule has 1 saturated heterocycles. The maximum atomic E-state index is 13.6. The van der Waals surface area contributed by atoms with Crippen LogP contribution in [0.3, 0.4) is 0 Å². The molecule has 0 aliphatic carbocycles. The number of aromatic nitrogens is 4. The van der Waals surface area contributed by atoms with Crippen molar-refractivity contribution in [1.82, 2.24) is 30.0 Å². The van der Waals surface area contributed by atoms with Crippen molar-refractivity contribution in [3.05, 3.63) is 94.5 Å². The molecule has 1 aliphatic heterocycles. The highest BCUT2D eigenvalue weighted by molar-refractivity contribution is 5.76. The second kappa shape index (κ2) is 10.5. The van der Waals surface area contributed by atoms with Crippen LogP contribution in [-0.2, 0) is 6.54 Å². The molecule has 0 bridgehead atoms. The van der Waals surface area contributed by atoms with Crippen LogP contribution in [0.15, 0.2) is 71.8 Å². The van der Waals surface area contributed by atoms with Crippen LogP contribution in [0.4, 0.5) is 13.6 Å². The summed E-state index contributed by atoms with van der Waals surface area (Å²) in [7, 11) is 0. The lowest BCUT2D eigenvalue weighted by molar-refractivity contribution is 0.202. The molecule has 0 radical (unpaired) electrons. The second-order valence-electron chi connectivity index (χ2n) is 8.38. The van der Waals surface area contributed by atoms with E-state index < -0.39 is 11.6 Å². The summed E-state index contributed by atoms with van der Waals surface area (Å²) in [5, 5.41) is 7.03. The monoisotopic (exact) mass is 504 g/mol. The molecule has 2 aromatic carbocycles. The van der Waals surface area contributed by atoms with Gasteiger partial charge in [-0.3, -0.25) is 4.79 Å². The van der Waals surface area contributed by atoms with Crippen molar-refractivity contribution in [2.45, 2.75) is 6.54 Å². The number of hydrogen-bond acceptors (Lipinski definition) is 6. The molecular weight excluding hydrogens is 482 g/mol. The highest BCUT2D eigenvalue weighted by Crippen LogP contribution is 2.20. The Hall–Kier alpha value is -4.67. The zero-order chi connectivity index (χ0) is 25.8. The average molecular weight is 504 g/mol. The number of carbonyl (C=O) groups is 1. The molecule has 1 aliphatic rings. The van der Waals surface area contributed by atoms with E-state index in [1.807, 2.05) is 24.3 Å². The van der Waals surface area contributed by atoms with Crippen LogP contribution >= 0.6 is 0 Å². The predicted octanol–water partition coefficient (Wildman–Crippen LogP) is 3.10. The third-order valence-electron chi connectivity index (χ3n) is 5.75. The molecule has 3 heterocycles. The Morgan fingerprint density at radius 1 is 0.946 bits per heavy atom. The molecule has 2 amide bonds. The average Bonchev–Trinajstić information content (AvgIpc) is 3.30.